The standard InChI is InChI=1S/C13H14F2N2O3/c1-2-10-12(18)16-3-4-17(10)11-8(14)5-7(13(19)20)6-9(11)15/h5-6,10H,2-4H2,1H3,(H,16,18)(H,19,20). The molecule has 20 heavy (non-hydrogen) atoms. The average Bonchev–Trinajstić information content (AvgIpc) is 2.38. The maximum absolute atomic E-state index is 14.0. The van der Waals surface area contributed by atoms with Gasteiger partial charge in [0.25, 0.3) is 0 Å². The van der Waals surface area contributed by atoms with E-state index in [1.165, 1.54) is 4.90 Å². The molecule has 0 radical (unpaired) electrons. The molecule has 0 aliphatic carbocycles. The quantitative estimate of drug-likeness (QED) is 0.879. The highest BCUT2D eigenvalue weighted by Gasteiger charge is 2.32. The summed E-state index contributed by atoms with van der Waals surface area (Å²) in [6, 6.07) is 0.864. The number of amides is 1. The maximum Gasteiger partial charge on any atom is 0.335 e. The molecule has 2 rings (SSSR count). The van der Waals surface area contributed by atoms with Crippen molar-refractivity contribution in [1.82, 2.24) is 5.32 Å². The monoisotopic (exact) mass is 284 g/mol. The fraction of sp³-hybridized carbons (Fsp3) is 0.385. The first-order chi connectivity index (χ1) is 9.45. The van der Waals surface area contributed by atoms with E-state index in [2.05, 4.69) is 5.32 Å². The molecule has 1 aliphatic rings. The zero-order valence-corrected chi connectivity index (χ0v) is 10.8. The van der Waals surface area contributed by atoms with Gasteiger partial charge in [-0.1, -0.05) is 6.92 Å². The Balaban J connectivity index is 2.46. The van der Waals surface area contributed by atoms with Crippen LogP contribution in [0.1, 0.15) is 23.7 Å². The predicted molar refractivity (Wildman–Crippen MR) is 67.8 cm³/mol. The largest absolute Gasteiger partial charge is 0.478 e. The van der Waals surface area contributed by atoms with Crippen molar-refractivity contribution in [2.24, 2.45) is 0 Å². The lowest BCUT2D eigenvalue weighted by molar-refractivity contribution is -0.123. The van der Waals surface area contributed by atoms with Gasteiger partial charge < -0.3 is 15.3 Å². The molecule has 0 aromatic heterocycles. The molecule has 1 amide bonds. The van der Waals surface area contributed by atoms with E-state index in [1.807, 2.05) is 0 Å². The molecule has 1 atom stereocenters. The van der Waals surface area contributed by atoms with Crippen LogP contribution in [0.4, 0.5) is 14.5 Å². The van der Waals surface area contributed by atoms with Gasteiger partial charge in [0.1, 0.15) is 23.4 Å². The van der Waals surface area contributed by atoms with Crippen molar-refractivity contribution in [1.29, 1.82) is 0 Å². The topological polar surface area (TPSA) is 69.6 Å². The third-order valence-electron chi connectivity index (χ3n) is 3.27. The number of halogens is 2. The zero-order valence-electron chi connectivity index (χ0n) is 10.8. The number of benzene rings is 1. The highest BCUT2D eigenvalue weighted by atomic mass is 19.1. The van der Waals surface area contributed by atoms with E-state index >= 15 is 0 Å². The van der Waals surface area contributed by atoms with Gasteiger partial charge in [-0.3, -0.25) is 4.79 Å². The number of carboxylic acids is 1. The lowest BCUT2D eigenvalue weighted by Crippen LogP contribution is -2.55. The third kappa shape index (κ3) is 2.43. The minimum Gasteiger partial charge on any atom is -0.478 e. The fourth-order valence-corrected chi connectivity index (χ4v) is 2.35. The van der Waals surface area contributed by atoms with Crippen LogP contribution in [0.25, 0.3) is 0 Å². The van der Waals surface area contributed by atoms with Crippen molar-refractivity contribution in [3.05, 3.63) is 29.3 Å². The van der Waals surface area contributed by atoms with Crippen molar-refractivity contribution in [3.63, 3.8) is 0 Å². The SMILES string of the molecule is CCC1C(=O)NCCN1c1c(F)cc(C(=O)O)cc1F. The molecular weight excluding hydrogens is 270 g/mol. The number of rotatable bonds is 3. The van der Waals surface area contributed by atoms with E-state index in [0.29, 0.717) is 6.42 Å². The van der Waals surface area contributed by atoms with Crippen LogP contribution in [0.3, 0.4) is 0 Å². The molecule has 2 N–H and O–H groups in total. The summed E-state index contributed by atoms with van der Waals surface area (Å²) in [4.78, 5) is 23.8. The number of piperazine rings is 1. The number of carboxylic acid groups (broad SMARTS) is 1. The Labute approximate surface area is 114 Å². The molecule has 108 valence electrons. The van der Waals surface area contributed by atoms with Gasteiger partial charge >= 0.3 is 5.97 Å². The number of nitrogens with zero attached hydrogens (tertiary/aromatic N) is 1. The van der Waals surface area contributed by atoms with Crippen molar-refractivity contribution in [3.8, 4) is 0 Å². The minimum absolute atomic E-state index is 0.268. The highest BCUT2D eigenvalue weighted by Crippen LogP contribution is 2.28. The molecule has 1 aromatic carbocycles. The van der Waals surface area contributed by atoms with Crippen LogP contribution in [-0.4, -0.2) is 36.1 Å². The molecule has 5 nitrogen and oxygen atoms in total. The van der Waals surface area contributed by atoms with Gasteiger partial charge in [0.15, 0.2) is 0 Å². The number of nitrogens with one attached hydrogen (secondary N) is 1. The summed E-state index contributed by atoms with van der Waals surface area (Å²) in [6.07, 6.45) is 0.394. The summed E-state index contributed by atoms with van der Waals surface area (Å²) in [5, 5.41) is 11.4. The molecule has 1 heterocycles. The molecule has 1 fully saturated rings. The van der Waals surface area contributed by atoms with Crippen LogP contribution in [0.15, 0.2) is 12.1 Å². The molecule has 0 spiro atoms. The van der Waals surface area contributed by atoms with Crippen molar-refractivity contribution < 1.29 is 23.5 Å². The maximum atomic E-state index is 14.0. The van der Waals surface area contributed by atoms with E-state index in [4.69, 9.17) is 5.11 Å². The lowest BCUT2D eigenvalue weighted by Gasteiger charge is -2.36. The molecule has 1 aromatic rings. The van der Waals surface area contributed by atoms with Gasteiger partial charge in [-0.2, -0.15) is 0 Å². The number of hydrogen-bond donors (Lipinski definition) is 2. The van der Waals surface area contributed by atoms with E-state index < -0.39 is 29.2 Å². The van der Waals surface area contributed by atoms with Crippen LogP contribution < -0.4 is 10.2 Å². The van der Waals surface area contributed by atoms with Gasteiger partial charge in [-0.25, -0.2) is 13.6 Å². The fourth-order valence-electron chi connectivity index (χ4n) is 2.35. The molecule has 1 saturated heterocycles. The molecule has 7 heteroatoms. The molecule has 1 aliphatic heterocycles. The second kappa shape index (κ2) is 5.44. The third-order valence-corrected chi connectivity index (χ3v) is 3.27. The van der Waals surface area contributed by atoms with Crippen LogP contribution in [0, 0.1) is 11.6 Å². The van der Waals surface area contributed by atoms with Gasteiger partial charge in [-0.05, 0) is 18.6 Å². The predicted octanol–water partition coefficient (Wildman–Crippen LogP) is 1.38. The Morgan fingerprint density at radius 3 is 2.55 bits per heavy atom. The normalized spacial score (nSPS) is 18.9. The summed E-state index contributed by atoms with van der Waals surface area (Å²) in [5.74, 6) is -3.65. The summed E-state index contributed by atoms with van der Waals surface area (Å²) >= 11 is 0. The summed E-state index contributed by atoms with van der Waals surface area (Å²) < 4.78 is 28.0. The number of carbonyl (C=O) groups is 2. The second-order valence-corrected chi connectivity index (χ2v) is 4.50. The zero-order chi connectivity index (χ0) is 14.9. The van der Waals surface area contributed by atoms with Gasteiger partial charge in [0, 0.05) is 13.1 Å². The minimum atomic E-state index is -1.40. The molecule has 0 saturated carbocycles. The first kappa shape index (κ1) is 14.2. The second-order valence-electron chi connectivity index (χ2n) is 4.50. The average molecular weight is 284 g/mol. The Kier molecular flexibility index (Phi) is 3.87. The van der Waals surface area contributed by atoms with Crippen molar-refractivity contribution in [2.75, 3.05) is 18.0 Å². The first-order valence-corrected chi connectivity index (χ1v) is 6.22. The molecule has 1 unspecified atom stereocenters. The van der Waals surface area contributed by atoms with E-state index in [0.717, 1.165) is 12.1 Å². The van der Waals surface area contributed by atoms with Crippen LogP contribution in [0.5, 0.6) is 0 Å². The van der Waals surface area contributed by atoms with Gasteiger partial charge in [0.05, 0.1) is 5.56 Å². The van der Waals surface area contributed by atoms with Crippen molar-refractivity contribution in [2.45, 2.75) is 19.4 Å². The van der Waals surface area contributed by atoms with Gasteiger partial charge in [-0.15, -0.1) is 0 Å². The Morgan fingerprint density at radius 2 is 2.05 bits per heavy atom. The Hall–Kier alpha value is -2.18. The van der Waals surface area contributed by atoms with Crippen LogP contribution >= 0.6 is 0 Å². The number of hydrogen-bond acceptors (Lipinski definition) is 3. The Morgan fingerprint density at radius 1 is 1.45 bits per heavy atom. The van der Waals surface area contributed by atoms with E-state index in [1.54, 1.807) is 6.92 Å². The number of anilines is 1. The number of carbonyl (C=O) groups excluding carboxylic acids is 1. The first-order valence-electron chi connectivity index (χ1n) is 6.22. The van der Waals surface area contributed by atoms with E-state index in [-0.39, 0.29) is 24.7 Å². The summed E-state index contributed by atoms with van der Waals surface area (Å²) in [6.45, 7) is 2.30. The molecule has 0 bridgehead atoms. The highest BCUT2D eigenvalue weighted by molar-refractivity contribution is 5.89. The van der Waals surface area contributed by atoms with Crippen LogP contribution in [0.2, 0.25) is 0 Å². The smallest absolute Gasteiger partial charge is 0.335 e. The summed E-state index contributed by atoms with van der Waals surface area (Å²) in [7, 11) is 0. The lowest BCUT2D eigenvalue weighted by atomic mass is 10.1. The van der Waals surface area contributed by atoms with E-state index in [9.17, 15) is 18.4 Å². The van der Waals surface area contributed by atoms with Crippen molar-refractivity contribution >= 4 is 17.6 Å². The summed E-state index contributed by atoms with van der Waals surface area (Å²) in [5.41, 5.74) is -0.810. The van der Waals surface area contributed by atoms with Crippen LogP contribution in [-0.2, 0) is 4.79 Å². The molecular formula is C13H14F2N2O3. The van der Waals surface area contributed by atoms with Gasteiger partial charge in [0.2, 0.25) is 5.91 Å². The number of aromatic carboxylic acids is 1. The Bertz CT molecular complexity index is 540.